The SMILES string of the molecule is OP(OCCCOC1CCCCC1)OCCCOC1CCCCC1. The Kier molecular flexibility index (Phi) is 11.5. The van der Waals surface area contributed by atoms with Gasteiger partial charge in [-0.1, -0.05) is 38.5 Å². The summed E-state index contributed by atoms with van der Waals surface area (Å²) in [4.78, 5) is 9.68. The molecule has 2 aliphatic carbocycles. The summed E-state index contributed by atoms with van der Waals surface area (Å²) < 4.78 is 22.3. The molecule has 0 radical (unpaired) electrons. The van der Waals surface area contributed by atoms with E-state index in [2.05, 4.69) is 0 Å². The molecule has 2 aliphatic rings. The zero-order valence-corrected chi connectivity index (χ0v) is 15.9. The fraction of sp³-hybridized carbons (Fsp3) is 1.00. The molecule has 1 N–H and O–H groups in total. The Labute approximate surface area is 148 Å². The molecule has 2 fully saturated rings. The van der Waals surface area contributed by atoms with Gasteiger partial charge in [0.05, 0.1) is 25.4 Å². The summed E-state index contributed by atoms with van der Waals surface area (Å²) in [5.41, 5.74) is 0. The molecule has 0 aromatic rings. The van der Waals surface area contributed by atoms with Gasteiger partial charge in [-0.25, -0.2) is 0 Å². The molecular weight excluding hydrogens is 327 g/mol. The summed E-state index contributed by atoms with van der Waals surface area (Å²) in [5.74, 6) is 0. The average Bonchev–Trinajstić information content (AvgIpc) is 2.63. The second-order valence-corrected chi connectivity index (χ2v) is 7.87. The lowest BCUT2D eigenvalue weighted by atomic mass is 9.98. The highest BCUT2D eigenvalue weighted by Crippen LogP contribution is 2.33. The molecule has 0 heterocycles. The van der Waals surface area contributed by atoms with Gasteiger partial charge in [-0.15, -0.1) is 0 Å². The molecule has 6 heteroatoms. The van der Waals surface area contributed by atoms with Gasteiger partial charge in [-0.05, 0) is 38.5 Å². The van der Waals surface area contributed by atoms with Crippen LogP contribution in [0.15, 0.2) is 0 Å². The Hall–Kier alpha value is 0.230. The lowest BCUT2D eigenvalue weighted by molar-refractivity contribution is 0.0190. The van der Waals surface area contributed by atoms with Gasteiger partial charge in [0.1, 0.15) is 0 Å². The van der Waals surface area contributed by atoms with E-state index < -0.39 is 8.60 Å². The van der Waals surface area contributed by atoms with Crippen LogP contribution in [0.2, 0.25) is 0 Å². The Bertz CT molecular complexity index is 265. The fourth-order valence-corrected chi connectivity index (χ4v) is 4.05. The van der Waals surface area contributed by atoms with Crippen LogP contribution in [0.3, 0.4) is 0 Å². The van der Waals surface area contributed by atoms with Crippen LogP contribution in [0, 0.1) is 0 Å². The van der Waals surface area contributed by atoms with Gasteiger partial charge in [0.15, 0.2) is 0 Å². The summed E-state index contributed by atoms with van der Waals surface area (Å²) in [6, 6.07) is 0. The van der Waals surface area contributed by atoms with E-state index in [0.717, 1.165) is 12.8 Å². The van der Waals surface area contributed by atoms with Crippen LogP contribution in [0.4, 0.5) is 0 Å². The highest BCUT2D eigenvalue weighted by atomic mass is 31.2. The van der Waals surface area contributed by atoms with Crippen LogP contribution in [0.25, 0.3) is 0 Å². The number of hydrogen-bond acceptors (Lipinski definition) is 5. The van der Waals surface area contributed by atoms with Crippen molar-refractivity contribution in [3.05, 3.63) is 0 Å². The Balaban J connectivity index is 1.33. The first-order valence-electron chi connectivity index (χ1n) is 9.82. The van der Waals surface area contributed by atoms with Crippen LogP contribution in [0.1, 0.15) is 77.0 Å². The van der Waals surface area contributed by atoms with E-state index in [0.29, 0.717) is 38.6 Å². The molecule has 0 bridgehead atoms. The van der Waals surface area contributed by atoms with Gasteiger partial charge in [0.25, 0.3) is 0 Å². The molecule has 2 saturated carbocycles. The maximum absolute atomic E-state index is 9.68. The van der Waals surface area contributed by atoms with Crippen molar-refractivity contribution in [3.63, 3.8) is 0 Å². The molecule has 0 spiro atoms. The van der Waals surface area contributed by atoms with Gasteiger partial charge in [-0.3, -0.25) is 0 Å². The molecule has 5 nitrogen and oxygen atoms in total. The third kappa shape index (κ3) is 9.65. The predicted molar refractivity (Wildman–Crippen MR) is 95.9 cm³/mol. The molecule has 0 unspecified atom stereocenters. The second-order valence-electron chi connectivity index (χ2n) is 6.87. The Morgan fingerprint density at radius 3 is 1.46 bits per heavy atom. The minimum Gasteiger partial charge on any atom is -0.378 e. The van der Waals surface area contributed by atoms with E-state index in [-0.39, 0.29) is 0 Å². The molecule has 2 rings (SSSR count). The monoisotopic (exact) mass is 362 g/mol. The van der Waals surface area contributed by atoms with Gasteiger partial charge in [0.2, 0.25) is 0 Å². The van der Waals surface area contributed by atoms with Gasteiger partial charge in [-0.2, -0.15) is 0 Å². The number of rotatable bonds is 12. The van der Waals surface area contributed by atoms with E-state index >= 15 is 0 Å². The Morgan fingerprint density at radius 2 is 1.04 bits per heavy atom. The van der Waals surface area contributed by atoms with Crippen molar-refractivity contribution in [3.8, 4) is 0 Å². The summed E-state index contributed by atoms with van der Waals surface area (Å²) >= 11 is 0. The van der Waals surface area contributed by atoms with Crippen molar-refractivity contribution in [1.29, 1.82) is 0 Å². The summed E-state index contributed by atoms with van der Waals surface area (Å²) in [7, 11) is -1.75. The van der Waals surface area contributed by atoms with Crippen LogP contribution >= 0.6 is 8.60 Å². The van der Waals surface area contributed by atoms with E-state index in [1.54, 1.807) is 0 Å². The first-order chi connectivity index (χ1) is 11.8. The van der Waals surface area contributed by atoms with Crippen molar-refractivity contribution in [2.75, 3.05) is 26.4 Å². The first-order valence-corrected chi connectivity index (χ1v) is 11.0. The minimum atomic E-state index is -1.75. The third-order valence-corrected chi connectivity index (χ3v) is 5.60. The van der Waals surface area contributed by atoms with Crippen molar-refractivity contribution >= 4 is 8.60 Å². The third-order valence-electron chi connectivity index (χ3n) is 4.79. The fourth-order valence-electron chi connectivity index (χ4n) is 3.40. The highest BCUT2D eigenvalue weighted by molar-refractivity contribution is 7.40. The van der Waals surface area contributed by atoms with Crippen molar-refractivity contribution < 1.29 is 23.4 Å². The lowest BCUT2D eigenvalue weighted by Gasteiger charge is -2.22. The molecule has 142 valence electrons. The van der Waals surface area contributed by atoms with Crippen LogP contribution < -0.4 is 0 Å². The number of ether oxygens (including phenoxy) is 2. The predicted octanol–water partition coefficient (Wildman–Crippen LogP) is 4.72. The maximum Gasteiger partial charge on any atom is 0.329 e. The quantitative estimate of drug-likeness (QED) is 0.402. The van der Waals surface area contributed by atoms with Crippen LogP contribution in [-0.2, 0) is 18.5 Å². The molecule has 0 aliphatic heterocycles. The number of hydrogen-bond donors (Lipinski definition) is 1. The average molecular weight is 362 g/mol. The lowest BCUT2D eigenvalue weighted by Crippen LogP contribution is -2.17. The molecule has 0 aromatic carbocycles. The minimum absolute atomic E-state index is 0.440. The zero-order valence-electron chi connectivity index (χ0n) is 15.0. The van der Waals surface area contributed by atoms with Crippen molar-refractivity contribution in [2.24, 2.45) is 0 Å². The molecule has 0 amide bonds. The molecule has 0 saturated heterocycles. The van der Waals surface area contributed by atoms with Gasteiger partial charge < -0.3 is 23.4 Å². The highest BCUT2D eigenvalue weighted by Gasteiger charge is 2.14. The Morgan fingerprint density at radius 1 is 0.625 bits per heavy atom. The van der Waals surface area contributed by atoms with Crippen LogP contribution in [-0.4, -0.2) is 43.5 Å². The molecule has 0 aromatic heterocycles. The molecule has 24 heavy (non-hydrogen) atoms. The zero-order chi connectivity index (χ0) is 16.9. The van der Waals surface area contributed by atoms with Crippen molar-refractivity contribution in [1.82, 2.24) is 0 Å². The summed E-state index contributed by atoms with van der Waals surface area (Å²) in [6.45, 7) is 2.41. The van der Waals surface area contributed by atoms with E-state index in [1.165, 1.54) is 64.2 Å². The topological polar surface area (TPSA) is 57.2 Å². The van der Waals surface area contributed by atoms with Gasteiger partial charge in [0, 0.05) is 13.2 Å². The first kappa shape index (κ1) is 20.5. The second kappa shape index (κ2) is 13.4. The van der Waals surface area contributed by atoms with E-state index in [4.69, 9.17) is 18.5 Å². The summed E-state index contributed by atoms with van der Waals surface area (Å²) in [5, 5.41) is 0. The van der Waals surface area contributed by atoms with Gasteiger partial charge >= 0.3 is 8.60 Å². The normalized spacial score (nSPS) is 20.8. The largest absolute Gasteiger partial charge is 0.378 e. The van der Waals surface area contributed by atoms with E-state index in [1.807, 2.05) is 0 Å². The smallest absolute Gasteiger partial charge is 0.329 e. The van der Waals surface area contributed by atoms with Crippen LogP contribution in [0.5, 0.6) is 0 Å². The van der Waals surface area contributed by atoms with E-state index in [9.17, 15) is 4.89 Å². The summed E-state index contributed by atoms with van der Waals surface area (Å²) in [6.07, 6.45) is 15.1. The van der Waals surface area contributed by atoms with Crippen molar-refractivity contribution in [2.45, 2.75) is 89.3 Å². The molecule has 0 atom stereocenters. The molecular formula is C18H35O5P. The standard InChI is InChI=1S/C18H35O5P/c19-24(22-15-7-13-20-17-9-3-1-4-10-17)23-16-8-14-21-18-11-5-2-6-12-18/h17-19H,1-16H2. The maximum atomic E-state index is 9.68.